The Balaban J connectivity index is 1.51. The highest BCUT2D eigenvalue weighted by Gasteiger charge is 2.32. The molecule has 6 rings (SSSR count). The van der Waals surface area contributed by atoms with Crippen molar-refractivity contribution in [2.75, 3.05) is 0 Å². The number of aromatic nitrogens is 1. The first kappa shape index (κ1) is 25.4. The van der Waals surface area contributed by atoms with Gasteiger partial charge in [0.15, 0.2) is 0 Å². The number of amides is 1. The Kier molecular flexibility index (Phi) is 6.29. The zero-order valence-electron chi connectivity index (χ0n) is 20.7. The van der Waals surface area contributed by atoms with E-state index < -0.39 is 23.2 Å². The fourth-order valence-electron chi connectivity index (χ4n) is 5.04. The largest absolute Gasteiger partial charge is 0.494 e. The van der Waals surface area contributed by atoms with Crippen molar-refractivity contribution in [2.24, 2.45) is 4.99 Å². The summed E-state index contributed by atoms with van der Waals surface area (Å²) in [5, 5.41) is 15.5. The summed E-state index contributed by atoms with van der Waals surface area (Å²) in [5.41, 5.74) is 0.0135. The lowest BCUT2D eigenvalue weighted by Crippen LogP contribution is -2.26. The van der Waals surface area contributed by atoms with E-state index in [9.17, 15) is 27.9 Å². The van der Waals surface area contributed by atoms with Gasteiger partial charge in [0, 0.05) is 27.9 Å². The van der Waals surface area contributed by atoms with Crippen molar-refractivity contribution < 1.29 is 23.1 Å². The molecule has 200 valence electrons. The molecule has 0 aliphatic heterocycles. The fraction of sp³-hybridized carbons (Fsp3) is 0.276. The predicted molar refractivity (Wildman–Crippen MR) is 145 cm³/mol. The maximum Gasteiger partial charge on any atom is 0.416 e. The van der Waals surface area contributed by atoms with Gasteiger partial charge in [-0.1, -0.05) is 24.3 Å². The van der Waals surface area contributed by atoms with E-state index in [0.29, 0.717) is 16.0 Å². The number of alkyl halides is 3. The number of fused-ring (bicyclic) bond motifs is 2. The number of nitrogens with zero attached hydrogens (tertiary/aromatic N) is 2. The monoisotopic (exact) mass is 551 g/mol. The number of carbonyl (C=O) groups excluding carboxylic acids is 1. The number of aryl methyl sites for hydroxylation is 1. The molecule has 0 saturated heterocycles. The standard InChI is InChI=1S/C29H24F3N3O3S/c30-29(31,32)16-6-5-7-18(14-16)35-27(37)20-9-2-1-8-19(20)22(28(35)38)15-33-26-24(25(36)34-17-12-13-17)21-10-3-4-11-23(21)39-26/h1-2,5-9,14-15,17,38H,3-4,10-13H2,(H,34,36)/b33-15+. The molecular formula is C29H24F3N3O3S. The van der Waals surface area contributed by atoms with E-state index in [2.05, 4.69) is 10.3 Å². The minimum atomic E-state index is -4.62. The molecule has 10 heteroatoms. The van der Waals surface area contributed by atoms with Crippen LogP contribution in [0.2, 0.25) is 0 Å². The van der Waals surface area contributed by atoms with E-state index in [1.807, 2.05) is 0 Å². The first-order valence-corrected chi connectivity index (χ1v) is 13.6. The molecule has 4 aromatic rings. The SMILES string of the molecule is O=C(NC1CC1)c1c(/N=C/c2c(O)n(-c3cccc(C(F)(F)F)c3)c(=O)c3ccccc23)sc2c1CCCC2. The predicted octanol–water partition coefficient (Wildman–Crippen LogP) is 6.30. The Hall–Kier alpha value is -3.92. The summed E-state index contributed by atoms with van der Waals surface area (Å²) < 4.78 is 41.1. The molecular weight excluding hydrogens is 527 g/mol. The number of halogens is 3. The van der Waals surface area contributed by atoms with Gasteiger partial charge in [-0.05, 0) is 68.4 Å². The molecule has 2 aliphatic rings. The second-order valence-electron chi connectivity index (χ2n) is 9.87. The molecule has 1 fully saturated rings. The van der Waals surface area contributed by atoms with Crippen LogP contribution >= 0.6 is 11.3 Å². The van der Waals surface area contributed by atoms with Gasteiger partial charge in [0.05, 0.1) is 22.4 Å². The van der Waals surface area contributed by atoms with Gasteiger partial charge >= 0.3 is 6.18 Å². The minimum Gasteiger partial charge on any atom is -0.494 e. The van der Waals surface area contributed by atoms with Crippen molar-refractivity contribution in [3.8, 4) is 11.6 Å². The molecule has 0 bridgehead atoms. The molecule has 2 aromatic heterocycles. The van der Waals surface area contributed by atoms with Gasteiger partial charge in [-0.25, -0.2) is 9.56 Å². The van der Waals surface area contributed by atoms with Crippen molar-refractivity contribution in [3.63, 3.8) is 0 Å². The summed E-state index contributed by atoms with van der Waals surface area (Å²) in [6.07, 6.45) is 2.37. The number of nitrogens with one attached hydrogen (secondary N) is 1. The number of rotatable bonds is 5. The van der Waals surface area contributed by atoms with E-state index in [0.717, 1.165) is 65.7 Å². The third-order valence-electron chi connectivity index (χ3n) is 7.14. The topological polar surface area (TPSA) is 83.7 Å². The van der Waals surface area contributed by atoms with Crippen molar-refractivity contribution in [2.45, 2.75) is 50.7 Å². The molecule has 39 heavy (non-hydrogen) atoms. The van der Waals surface area contributed by atoms with Gasteiger partial charge in [0.1, 0.15) is 5.00 Å². The number of thiophene rings is 1. The average Bonchev–Trinajstić information content (AvgIpc) is 3.65. The molecule has 2 N–H and O–H groups in total. The molecule has 2 aromatic carbocycles. The van der Waals surface area contributed by atoms with E-state index in [4.69, 9.17) is 0 Å². The van der Waals surface area contributed by atoms with Crippen LogP contribution in [0.5, 0.6) is 5.88 Å². The normalized spacial score (nSPS) is 15.6. The number of aromatic hydroxyl groups is 1. The van der Waals surface area contributed by atoms with Gasteiger partial charge in [0.25, 0.3) is 11.5 Å². The third-order valence-corrected chi connectivity index (χ3v) is 8.34. The second-order valence-corrected chi connectivity index (χ2v) is 11.0. The molecule has 2 heterocycles. The Bertz CT molecular complexity index is 1700. The summed E-state index contributed by atoms with van der Waals surface area (Å²) in [6, 6.07) is 11.0. The lowest BCUT2D eigenvalue weighted by atomic mass is 9.95. The van der Waals surface area contributed by atoms with Crippen molar-refractivity contribution in [3.05, 3.63) is 86.0 Å². The zero-order chi connectivity index (χ0) is 27.3. The number of aliphatic imine (C=N–C) groups is 1. The summed E-state index contributed by atoms with van der Waals surface area (Å²) in [4.78, 5) is 32.3. The highest BCUT2D eigenvalue weighted by atomic mass is 32.1. The molecule has 0 atom stereocenters. The highest BCUT2D eigenvalue weighted by molar-refractivity contribution is 7.16. The summed E-state index contributed by atoms with van der Waals surface area (Å²) in [6.45, 7) is 0. The van der Waals surface area contributed by atoms with E-state index >= 15 is 0 Å². The Morgan fingerprint density at radius 1 is 1.08 bits per heavy atom. The van der Waals surface area contributed by atoms with Crippen molar-refractivity contribution in [1.29, 1.82) is 0 Å². The summed E-state index contributed by atoms with van der Waals surface area (Å²) in [5.74, 6) is -0.695. The number of hydrogen-bond donors (Lipinski definition) is 2. The van der Waals surface area contributed by atoms with Gasteiger partial charge in [-0.3, -0.25) is 9.59 Å². The first-order chi connectivity index (χ1) is 18.7. The van der Waals surface area contributed by atoms with Gasteiger partial charge < -0.3 is 10.4 Å². The molecule has 0 radical (unpaired) electrons. The Morgan fingerprint density at radius 3 is 2.56 bits per heavy atom. The number of carbonyl (C=O) groups is 1. The lowest BCUT2D eigenvalue weighted by Gasteiger charge is -2.15. The lowest BCUT2D eigenvalue weighted by molar-refractivity contribution is -0.137. The van der Waals surface area contributed by atoms with Crippen LogP contribution in [-0.2, 0) is 19.0 Å². The number of pyridine rings is 1. The van der Waals surface area contributed by atoms with Gasteiger partial charge in [-0.2, -0.15) is 13.2 Å². The maximum absolute atomic E-state index is 13.4. The Morgan fingerprint density at radius 2 is 1.82 bits per heavy atom. The van der Waals surface area contributed by atoms with Crippen LogP contribution in [0, 0.1) is 0 Å². The van der Waals surface area contributed by atoms with Crippen LogP contribution in [0.15, 0.2) is 58.3 Å². The van der Waals surface area contributed by atoms with E-state index in [1.165, 1.54) is 29.7 Å². The van der Waals surface area contributed by atoms with Gasteiger partial charge in [0.2, 0.25) is 5.88 Å². The van der Waals surface area contributed by atoms with Crippen molar-refractivity contribution >= 4 is 39.2 Å². The second kappa shape index (κ2) is 9.68. The van der Waals surface area contributed by atoms with E-state index in [-0.39, 0.29) is 28.6 Å². The van der Waals surface area contributed by atoms with Crippen LogP contribution in [0.25, 0.3) is 16.5 Å². The van der Waals surface area contributed by atoms with Crippen LogP contribution in [0.1, 0.15) is 57.6 Å². The fourth-order valence-corrected chi connectivity index (χ4v) is 6.27. The van der Waals surface area contributed by atoms with Crippen LogP contribution in [-0.4, -0.2) is 27.8 Å². The van der Waals surface area contributed by atoms with E-state index in [1.54, 1.807) is 24.3 Å². The smallest absolute Gasteiger partial charge is 0.416 e. The summed E-state index contributed by atoms with van der Waals surface area (Å²) in [7, 11) is 0. The molecule has 1 amide bonds. The average molecular weight is 552 g/mol. The molecule has 0 spiro atoms. The number of benzene rings is 2. The minimum absolute atomic E-state index is 0.121. The molecule has 0 unspecified atom stereocenters. The van der Waals surface area contributed by atoms with Crippen LogP contribution in [0.4, 0.5) is 18.2 Å². The zero-order valence-corrected chi connectivity index (χ0v) is 21.5. The molecule has 6 nitrogen and oxygen atoms in total. The highest BCUT2D eigenvalue weighted by Crippen LogP contribution is 2.41. The third kappa shape index (κ3) is 4.73. The van der Waals surface area contributed by atoms with Crippen LogP contribution in [0.3, 0.4) is 0 Å². The molecule has 2 aliphatic carbocycles. The number of hydrogen-bond acceptors (Lipinski definition) is 5. The van der Waals surface area contributed by atoms with Crippen LogP contribution < -0.4 is 10.9 Å². The summed E-state index contributed by atoms with van der Waals surface area (Å²) >= 11 is 1.44. The maximum atomic E-state index is 13.4. The van der Waals surface area contributed by atoms with Gasteiger partial charge in [-0.15, -0.1) is 11.3 Å². The first-order valence-electron chi connectivity index (χ1n) is 12.8. The molecule has 1 saturated carbocycles. The Labute approximate surface area is 225 Å². The van der Waals surface area contributed by atoms with Crippen molar-refractivity contribution in [1.82, 2.24) is 9.88 Å². The quantitative estimate of drug-likeness (QED) is 0.286.